The summed E-state index contributed by atoms with van der Waals surface area (Å²) in [5.41, 5.74) is 1.58. The van der Waals surface area contributed by atoms with Gasteiger partial charge >= 0.3 is 0 Å². The average Bonchev–Trinajstić information content (AvgIpc) is 2.57. The zero-order valence-electron chi connectivity index (χ0n) is 16.5. The molecule has 1 aromatic carbocycles. The molecule has 2 N–H and O–H groups in total. The number of guanidine groups is 1. The lowest BCUT2D eigenvalue weighted by Crippen LogP contribution is -2.46. The van der Waals surface area contributed by atoms with Crippen LogP contribution in [-0.2, 0) is 11.3 Å². The highest BCUT2D eigenvalue weighted by molar-refractivity contribution is 14.0. The highest BCUT2D eigenvalue weighted by Crippen LogP contribution is 2.43. The zero-order chi connectivity index (χ0) is 18.1. The van der Waals surface area contributed by atoms with Gasteiger partial charge in [-0.15, -0.1) is 24.0 Å². The topological polar surface area (TPSA) is 54.9 Å². The molecule has 1 aliphatic rings. The number of benzene rings is 1. The number of halogens is 1. The Kier molecular flexibility index (Phi) is 10.3. The number of nitrogens with one attached hydrogen (secondary N) is 2. The molecule has 6 heteroatoms. The Labute approximate surface area is 175 Å². The van der Waals surface area contributed by atoms with E-state index in [1.165, 1.54) is 24.8 Å². The standard InChI is InChI=1S/C20H33N3O2.HI/c1-16(2)25-18-8-6-17(7-9-18)14-22-19(21-3)23-15-20(10-5-11-20)12-13-24-4;/h6-9,16H,5,10-15H2,1-4H3,(H2,21,22,23);1H. The minimum atomic E-state index is 0. The average molecular weight is 475 g/mol. The fourth-order valence-electron chi connectivity index (χ4n) is 3.15. The van der Waals surface area contributed by atoms with E-state index in [0.717, 1.165) is 37.8 Å². The van der Waals surface area contributed by atoms with E-state index in [0.29, 0.717) is 5.41 Å². The van der Waals surface area contributed by atoms with Crippen molar-refractivity contribution in [1.82, 2.24) is 10.6 Å². The molecule has 5 nitrogen and oxygen atoms in total. The Bertz CT molecular complexity index is 542. The largest absolute Gasteiger partial charge is 0.491 e. The molecule has 0 bridgehead atoms. The second-order valence-electron chi connectivity index (χ2n) is 7.19. The number of hydrogen-bond donors (Lipinski definition) is 2. The number of hydrogen-bond acceptors (Lipinski definition) is 3. The van der Waals surface area contributed by atoms with E-state index in [-0.39, 0.29) is 30.1 Å². The van der Waals surface area contributed by atoms with Crippen molar-refractivity contribution in [2.45, 2.75) is 52.2 Å². The van der Waals surface area contributed by atoms with Crippen LogP contribution in [0, 0.1) is 5.41 Å². The molecule has 0 unspecified atom stereocenters. The first-order valence-corrected chi connectivity index (χ1v) is 9.26. The Morgan fingerprint density at radius 3 is 2.38 bits per heavy atom. The maximum absolute atomic E-state index is 5.68. The lowest BCUT2D eigenvalue weighted by molar-refractivity contribution is 0.0732. The first kappa shape index (κ1) is 23.0. The van der Waals surface area contributed by atoms with Crippen molar-refractivity contribution in [2.75, 3.05) is 27.3 Å². The first-order chi connectivity index (χ1) is 12.1. The summed E-state index contributed by atoms with van der Waals surface area (Å²) in [4.78, 5) is 4.34. The molecule has 148 valence electrons. The minimum Gasteiger partial charge on any atom is -0.491 e. The highest BCUT2D eigenvalue weighted by Gasteiger charge is 2.36. The van der Waals surface area contributed by atoms with Gasteiger partial charge in [-0.05, 0) is 56.2 Å². The second-order valence-corrected chi connectivity index (χ2v) is 7.19. The van der Waals surface area contributed by atoms with Gasteiger partial charge in [-0.3, -0.25) is 4.99 Å². The van der Waals surface area contributed by atoms with Crippen molar-refractivity contribution in [2.24, 2.45) is 10.4 Å². The van der Waals surface area contributed by atoms with Gasteiger partial charge < -0.3 is 20.1 Å². The number of rotatable bonds is 9. The summed E-state index contributed by atoms with van der Waals surface area (Å²) in [5, 5.41) is 6.88. The molecule has 0 heterocycles. The van der Waals surface area contributed by atoms with E-state index in [9.17, 15) is 0 Å². The molecule has 0 amide bonds. The molecule has 1 aliphatic carbocycles. The van der Waals surface area contributed by atoms with Gasteiger partial charge in [-0.2, -0.15) is 0 Å². The maximum atomic E-state index is 5.68. The number of ether oxygens (including phenoxy) is 2. The van der Waals surface area contributed by atoms with Crippen molar-refractivity contribution in [3.05, 3.63) is 29.8 Å². The van der Waals surface area contributed by atoms with Gasteiger partial charge in [0.25, 0.3) is 0 Å². The van der Waals surface area contributed by atoms with Gasteiger partial charge in [0.1, 0.15) is 5.75 Å². The summed E-state index contributed by atoms with van der Waals surface area (Å²) in [5.74, 6) is 1.76. The first-order valence-electron chi connectivity index (χ1n) is 9.26. The molecule has 2 rings (SSSR count). The SMILES string of the molecule is CN=C(NCc1ccc(OC(C)C)cc1)NCC1(CCOC)CCC1.I. The van der Waals surface area contributed by atoms with Crippen molar-refractivity contribution >= 4 is 29.9 Å². The predicted octanol–water partition coefficient (Wildman–Crippen LogP) is 3.96. The second kappa shape index (κ2) is 11.6. The molecule has 0 aliphatic heterocycles. The van der Waals surface area contributed by atoms with Gasteiger partial charge in [0, 0.05) is 33.9 Å². The third-order valence-corrected chi connectivity index (χ3v) is 4.86. The van der Waals surface area contributed by atoms with Gasteiger partial charge in [0.2, 0.25) is 0 Å². The molecule has 0 radical (unpaired) electrons. The molecule has 26 heavy (non-hydrogen) atoms. The Morgan fingerprint density at radius 1 is 1.19 bits per heavy atom. The molecule has 0 saturated heterocycles. The summed E-state index contributed by atoms with van der Waals surface area (Å²) in [6.45, 7) is 6.60. The van der Waals surface area contributed by atoms with Crippen LogP contribution >= 0.6 is 24.0 Å². The summed E-state index contributed by atoms with van der Waals surface area (Å²) in [6.07, 6.45) is 5.19. The molecule has 1 saturated carbocycles. The summed E-state index contributed by atoms with van der Waals surface area (Å²) in [6, 6.07) is 8.20. The van der Waals surface area contributed by atoms with Crippen molar-refractivity contribution in [1.29, 1.82) is 0 Å². The molecule has 0 aromatic heterocycles. The number of methoxy groups -OCH3 is 1. The van der Waals surface area contributed by atoms with E-state index < -0.39 is 0 Å². The van der Waals surface area contributed by atoms with Crippen LogP contribution < -0.4 is 15.4 Å². The molecule has 0 atom stereocenters. The van der Waals surface area contributed by atoms with Crippen LogP contribution in [0.1, 0.15) is 45.1 Å². The Hall–Kier alpha value is -1.02. The van der Waals surface area contributed by atoms with Crippen LogP contribution in [0.5, 0.6) is 5.75 Å². The monoisotopic (exact) mass is 475 g/mol. The molecular weight excluding hydrogens is 441 g/mol. The lowest BCUT2D eigenvalue weighted by atomic mass is 9.67. The van der Waals surface area contributed by atoms with Crippen LogP contribution in [0.25, 0.3) is 0 Å². The van der Waals surface area contributed by atoms with Crippen LogP contribution in [-0.4, -0.2) is 39.4 Å². The van der Waals surface area contributed by atoms with Crippen LogP contribution in [0.15, 0.2) is 29.3 Å². The van der Waals surface area contributed by atoms with E-state index >= 15 is 0 Å². The van der Waals surface area contributed by atoms with Gasteiger partial charge in [-0.1, -0.05) is 18.6 Å². The van der Waals surface area contributed by atoms with E-state index in [1.54, 1.807) is 7.11 Å². The van der Waals surface area contributed by atoms with Gasteiger partial charge in [0.05, 0.1) is 6.10 Å². The molecular formula is C20H34IN3O2. The predicted molar refractivity (Wildman–Crippen MR) is 119 cm³/mol. The summed E-state index contributed by atoms with van der Waals surface area (Å²) >= 11 is 0. The van der Waals surface area contributed by atoms with Crippen LogP contribution in [0.3, 0.4) is 0 Å². The van der Waals surface area contributed by atoms with E-state index in [4.69, 9.17) is 9.47 Å². The van der Waals surface area contributed by atoms with Crippen molar-refractivity contribution < 1.29 is 9.47 Å². The number of aliphatic imine (C=N–C) groups is 1. The third kappa shape index (κ3) is 7.31. The van der Waals surface area contributed by atoms with Crippen molar-refractivity contribution in [3.63, 3.8) is 0 Å². The Morgan fingerprint density at radius 2 is 1.88 bits per heavy atom. The normalized spacial score (nSPS) is 15.8. The summed E-state index contributed by atoms with van der Waals surface area (Å²) in [7, 11) is 3.59. The maximum Gasteiger partial charge on any atom is 0.191 e. The smallest absolute Gasteiger partial charge is 0.191 e. The fraction of sp³-hybridized carbons (Fsp3) is 0.650. The van der Waals surface area contributed by atoms with Crippen molar-refractivity contribution in [3.8, 4) is 5.75 Å². The molecule has 1 fully saturated rings. The third-order valence-electron chi connectivity index (χ3n) is 4.86. The minimum absolute atomic E-state index is 0. The van der Waals surface area contributed by atoms with E-state index in [2.05, 4.69) is 27.8 Å². The van der Waals surface area contributed by atoms with Crippen LogP contribution in [0.4, 0.5) is 0 Å². The zero-order valence-corrected chi connectivity index (χ0v) is 18.8. The number of nitrogens with zero attached hydrogens (tertiary/aromatic N) is 1. The highest BCUT2D eigenvalue weighted by atomic mass is 127. The van der Waals surface area contributed by atoms with Crippen LogP contribution in [0.2, 0.25) is 0 Å². The quantitative estimate of drug-likeness (QED) is 0.323. The van der Waals surface area contributed by atoms with Gasteiger partial charge in [0.15, 0.2) is 5.96 Å². The molecule has 0 spiro atoms. The fourth-order valence-corrected chi connectivity index (χ4v) is 3.15. The lowest BCUT2D eigenvalue weighted by Gasteiger charge is -2.42. The summed E-state index contributed by atoms with van der Waals surface area (Å²) < 4.78 is 10.9. The van der Waals surface area contributed by atoms with E-state index in [1.807, 2.05) is 33.0 Å². The van der Waals surface area contributed by atoms with Gasteiger partial charge in [-0.25, -0.2) is 0 Å². The Balaban J connectivity index is 0.00000338. The molecule has 1 aromatic rings.